The standard InChI is InChI=1S/C39H74O12/c1-6-8-10-12-14-16-18-20-22-24-26-44-38(42)49-29-34(4)47-32-36(31-46-33(3)28-48-37(40)41)51-35(5)30-50-39(43)45-27-25-23-21-19-17-15-13-11-9-7-2/h33-36H,6-32H2,1-5H3,(H,40,41). The highest BCUT2D eigenvalue weighted by molar-refractivity contribution is 5.60. The Bertz CT molecular complexity index is 811. The lowest BCUT2D eigenvalue weighted by molar-refractivity contribution is -0.127. The molecule has 4 atom stereocenters. The second-order valence-electron chi connectivity index (χ2n) is 13.6. The first-order valence-electron chi connectivity index (χ1n) is 20.0. The average molecular weight is 735 g/mol. The van der Waals surface area contributed by atoms with E-state index in [1.807, 2.05) is 0 Å². The van der Waals surface area contributed by atoms with Crippen molar-refractivity contribution in [2.45, 2.75) is 187 Å². The Morgan fingerprint density at radius 1 is 0.431 bits per heavy atom. The lowest BCUT2D eigenvalue weighted by Gasteiger charge is -2.25. The number of hydrogen-bond acceptors (Lipinski definition) is 11. The van der Waals surface area contributed by atoms with Crippen molar-refractivity contribution in [1.82, 2.24) is 0 Å². The minimum atomic E-state index is -1.39. The molecular formula is C39H74O12. The largest absolute Gasteiger partial charge is 0.508 e. The van der Waals surface area contributed by atoms with Crippen LogP contribution in [-0.2, 0) is 37.9 Å². The lowest BCUT2D eigenvalue weighted by atomic mass is 10.1. The van der Waals surface area contributed by atoms with Crippen molar-refractivity contribution >= 4 is 18.5 Å². The molecule has 0 aromatic carbocycles. The Kier molecular flexibility index (Phi) is 34.4. The van der Waals surface area contributed by atoms with Crippen molar-refractivity contribution in [3.05, 3.63) is 0 Å². The van der Waals surface area contributed by atoms with Gasteiger partial charge >= 0.3 is 18.5 Å². The molecule has 0 spiro atoms. The van der Waals surface area contributed by atoms with Crippen LogP contribution in [0.3, 0.4) is 0 Å². The zero-order valence-electron chi connectivity index (χ0n) is 32.8. The maximum atomic E-state index is 12.1. The third kappa shape index (κ3) is 35.9. The molecule has 0 saturated carbocycles. The second-order valence-corrected chi connectivity index (χ2v) is 13.6. The van der Waals surface area contributed by atoms with Crippen LogP contribution in [0, 0.1) is 0 Å². The molecule has 51 heavy (non-hydrogen) atoms. The Hall–Kier alpha value is -2.31. The molecule has 0 fully saturated rings. The number of carbonyl (C=O) groups is 3. The zero-order chi connectivity index (χ0) is 37.8. The van der Waals surface area contributed by atoms with Crippen LogP contribution in [-0.4, -0.2) is 94.2 Å². The second kappa shape index (κ2) is 36.1. The maximum Gasteiger partial charge on any atom is 0.508 e. The van der Waals surface area contributed by atoms with Crippen LogP contribution in [0.15, 0.2) is 0 Å². The van der Waals surface area contributed by atoms with Crippen molar-refractivity contribution < 1.29 is 57.4 Å². The zero-order valence-corrected chi connectivity index (χ0v) is 32.8. The van der Waals surface area contributed by atoms with E-state index in [0.29, 0.717) is 13.2 Å². The summed E-state index contributed by atoms with van der Waals surface area (Å²) in [6, 6.07) is 0. The fourth-order valence-electron chi connectivity index (χ4n) is 5.27. The average Bonchev–Trinajstić information content (AvgIpc) is 3.11. The molecule has 0 radical (unpaired) electrons. The van der Waals surface area contributed by atoms with Crippen molar-refractivity contribution in [3.63, 3.8) is 0 Å². The molecule has 0 amide bonds. The highest BCUT2D eigenvalue weighted by Crippen LogP contribution is 2.12. The summed E-state index contributed by atoms with van der Waals surface area (Å²) in [5.74, 6) is 0. The molecule has 4 unspecified atom stereocenters. The summed E-state index contributed by atoms with van der Waals surface area (Å²) in [4.78, 5) is 34.8. The summed E-state index contributed by atoms with van der Waals surface area (Å²) in [5.41, 5.74) is 0. The van der Waals surface area contributed by atoms with E-state index in [9.17, 15) is 14.4 Å². The van der Waals surface area contributed by atoms with Gasteiger partial charge in [0.2, 0.25) is 0 Å². The third-order valence-corrected chi connectivity index (χ3v) is 8.31. The van der Waals surface area contributed by atoms with Gasteiger partial charge in [0.15, 0.2) is 0 Å². The minimum Gasteiger partial charge on any atom is -0.450 e. The van der Waals surface area contributed by atoms with Crippen molar-refractivity contribution in [1.29, 1.82) is 0 Å². The number of unbranched alkanes of at least 4 members (excludes halogenated alkanes) is 18. The fourth-order valence-corrected chi connectivity index (χ4v) is 5.27. The van der Waals surface area contributed by atoms with E-state index in [1.54, 1.807) is 20.8 Å². The summed E-state index contributed by atoms with van der Waals surface area (Å²) in [6.07, 6.45) is 19.0. The van der Waals surface area contributed by atoms with Crippen molar-refractivity contribution in [2.24, 2.45) is 0 Å². The Morgan fingerprint density at radius 2 is 0.765 bits per heavy atom. The van der Waals surface area contributed by atoms with E-state index >= 15 is 0 Å². The van der Waals surface area contributed by atoms with E-state index < -0.39 is 42.9 Å². The molecule has 0 aromatic rings. The molecule has 12 nitrogen and oxygen atoms in total. The summed E-state index contributed by atoms with van der Waals surface area (Å²) in [7, 11) is 0. The molecule has 0 saturated heterocycles. The third-order valence-electron chi connectivity index (χ3n) is 8.31. The van der Waals surface area contributed by atoms with Gasteiger partial charge in [0, 0.05) is 0 Å². The molecular weight excluding hydrogens is 660 g/mol. The van der Waals surface area contributed by atoms with Gasteiger partial charge < -0.3 is 43.0 Å². The number of carboxylic acid groups (broad SMARTS) is 1. The minimum absolute atomic E-state index is 0.00313. The SMILES string of the molecule is CCCCCCCCCCCCOC(=O)OCC(C)OCC(COC(C)COC(=O)O)OC(C)COC(=O)OCCCCCCCCCCCC. The van der Waals surface area contributed by atoms with Crippen LogP contribution in [0.25, 0.3) is 0 Å². The number of carbonyl (C=O) groups excluding carboxylic acids is 2. The van der Waals surface area contributed by atoms with Gasteiger partial charge in [-0.25, -0.2) is 14.4 Å². The van der Waals surface area contributed by atoms with Gasteiger partial charge in [-0.2, -0.15) is 0 Å². The lowest BCUT2D eigenvalue weighted by Crippen LogP contribution is -2.35. The van der Waals surface area contributed by atoms with Gasteiger partial charge in [0.25, 0.3) is 0 Å². The normalized spacial score (nSPS) is 13.6. The number of ether oxygens (including phenoxy) is 8. The topological polar surface area (TPSA) is 145 Å². The summed E-state index contributed by atoms with van der Waals surface area (Å²) in [5, 5.41) is 8.75. The molecule has 0 aliphatic rings. The van der Waals surface area contributed by atoms with Crippen LogP contribution < -0.4 is 0 Å². The van der Waals surface area contributed by atoms with Gasteiger partial charge in [-0.3, -0.25) is 0 Å². The molecule has 0 aliphatic carbocycles. The predicted molar refractivity (Wildman–Crippen MR) is 197 cm³/mol. The van der Waals surface area contributed by atoms with Crippen molar-refractivity contribution in [3.8, 4) is 0 Å². The molecule has 0 heterocycles. The predicted octanol–water partition coefficient (Wildman–Crippen LogP) is 10.4. The Labute approximate surface area is 309 Å². The van der Waals surface area contributed by atoms with Crippen LogP contribution in [0.2, 0.25) is 0 Å². The molecule has 0 rings (SSSR count). The van der Waals surface area contributed by atoms with Gasteiger partial charge in [0.1, 0.15) is 25.9 Å². The van der Waals surface area contributed by atoms with E-state index in [2.05, 4.69) is 18.6 Å². The number of rotatable bonds is 36. The molecule has 0 aromatic heterocycles. The quantitative estimate of drug-likeness (QED) is 0.0371. The van der Waals surface area contributed by atoms with Crippen molar-refractivity contribution in [2.75, 3.05) is 46.2 Å². The molecule has 12 heteroatoms. The summed E-state index contributed by atoms with van der Waals surface area (Å²) < 4.78 is 43.0. The molecule has 1 N–H and O–H groups in total. The van der Waals surface area contributed by atoms with Crippen LogP contribution in [0.1, 0.15) is 163 Å². The number of hydrogen-bond donors (Lipinski definition) is 1. The van der Waals surface area contributed by atoms with Crippen LogP contribution in [0.5, 0.6) is 0 Å². The smallest absolute Gasteiger partial charge is 0.450 e. The molecule has 0 aliphatic heterocycles. The summed E-state index contributed by atoms with van der Waals surface area (Å²) in [6.45, 7) is 10.2. The van der Waals surface area contributed by atoms with E-state index in [-0.39, 0.29) is 33.0 Å². The first-order chi connectivity index (χ1) is 24.7. The van der Waals surface area contributed by atoms with Gasteiger partial charge in [0.05, 0.1) is 44.7 Å². The van der Waals surface area contributed by atoms with E-state index in [4.69, 9.17) is 38.3 Å². The first kappa shape index (κ1) is 48.7. The Balaban J connectivity index is 4.32. The Morgan fingerprint density at radius 3 is 1.14 bits per heavy atom. The van der Waals surface area contributed by atoms with Gasteiger partial charge in [-0.05, 0) is 33.6 Å². The summed E-state index contributed by atoms with van der Waals surface area (Å²) >= 11 is 0. The highest BCUT2D eigenvalue weighted by atomic mass is 16.7. The fraction of sp³-hybridized carbons (Fsp3) is 0.923. The molecule has 302 valence electrons. The first-order valence-corrected chi connectivity index (χ1v) is 20.0. The highest BCUT2D eigenvalue weighted by Gasteiger charge is 2.20. The van der Waals surface area contributed by atoms with Gasteiger partial charge in [-0.1, -0.05) is 129 Å². The van der Waals surface area contributed by atoms with E-state index in [1.165, 1.54) is 89.9 Å². The van der Waals surface area contributed by atoms with Gasteiger partial charge in [-0.15, -0.1) is 0 Å². The molecule has 0 bridgehead atoms. The van der Waals surface area contributed by atoms with Crippen LogP contribution >= 0.6 is 0 Å². The maximum absolute atomic E-state index is 12.1. The monoisotopic (exact) mass is 735 g/mol. The van der Waals surface area contributed by atoms with Crippen LogP contribution in [0.4, 0.5) is 14.4 Å². The van der Waals surface area contributed by atoms with E-state index in [0.717, 1.165) is 38.5 Å².